The zero-order valence-corrected chi connectivity index (χ0v) is 12.3. The summed E-state index contributed by atoms with van der Waals surface area (Å²) >= 11 is 5.51. The Labute approximate surface area is 124 Å². The second kappa shape index (κ2) is 8.14. The third kappa shape index (κ3) is 4.70. The summed E-state index contributed by atoms with van der Waals surface area (Å²) < 4.78 is 19.2. The molecule has 1 heterocycles. The van der Waals surface area contributed by atoms with Gasteiger partial charge < -0.3 is 4.74 Å². The maximum absolute atomic E-state index is 13.6. The number of hydrogen-bond acceptors (Lipinski definition) is 2. The van der Waals surface area contributed by atoms with E-state index in [4.69, 9.17) is 16.3 Å². The highest BCUT2D eigenvalue weighted by Gasteiger charge is 2.10. The first-order valence-corrected chi connectivity index (χ1v) is 7.52. The monoisotopic (exact) mass is 295 g/mol. The summed E-state index contributed by atoms with van der Waals surface area (Å²) in [4.78, 5) is 2.36. The van der Waals surface area contributed by atoms with E-state index in [2.05, 4.69) is 16.7 Å². The van der Waals surface area contributed by atoms with Crippen molar-refractivity contribution in [2.24, 2.45) is 0 Å². The molecule has 0 bridgehead atoms. The highest BCUT2D eigenvalue weighted by Crippen LogP contribution is 2.18. The summed E-state index contributed by atoms with van der Waals surface area (Å²) in [5.41, 5.74) is 0.722. The fourth-order valence-corrected chi connectivity index (χ4v) is 2.36. The number of piperidine rings is 1. The number of benzene rings is 1. The largest absolute Gasteiger partial charge is 0.489 e. The first-order chi connectivity index (χ1) is 9.79. The van der Waals surface area contributed by atoms with Gasteiger partial charge in [0.1, 0.15) is 6.61 Å². The number of hydrogen-bond donors (Lipinski definition) is 0. The second-order valence-electron chi connectivity index (χ2n) is 4.83. The predicted octanol–water partition coefficient (Wildman–Crippen LogP) is 3.28. The van der Waals surface area contributed by atoms with Crippen molar-refractivity contribution >= 4 is 11.6 Å². The number of likely N-dealkylation sites (tertiary alicyclic amines) is 1. The van der Waals surface area contributed by atoms with Crippen LogP contribution in [-0.2, 0) is 0 Å². The minimum absolute atomic E-state index is 0.266. The lowest BCUT2D eigenvalue weighted by Gasteiger charge is -2.26. The van der Waals surface area contributed by atoms with Gasteiger partial charge in [0.05, 0.1) is 5.88 Å². The number of nitrogens with zero attached hydrogens (tertiary/aromatic N) is 1. The van der Waals surface area contributed by atoms with Gasteiger partial charge in [-0.1, -0.05) is 18.3 Å². The van der Waals surface area contributed by atoms with E-state index >= 15 is 0 Å². The molecule has 0 atom stereocenters. The first kappa shape index (κ1) is 15.2. The third-order valence-corrected chi connectivity index (χ3v) is 3.48. The standard InChI is InChI=1S/C16H19ClFNO/c17-8-4-5-14-6-7-15(18)16(13-14)20-12-11-19-9-2-1-3-10-19/h6-7,13H,1-3,8-12H2. The summed E-state index contributed by atoms with van der Waals surface area (Å²) in [6.07, 6.45) is 3.81. The van der Waals surface area contributed by atoms with E-state index in [0.717, 1.165) is 25.2 Å². The van der Waals surface area contributed by atoms with Gasteiger partial charge in [-0.05, 0) is 44.1 Å². The maximum Gasteiger partial charge on any atom is 0.165 e. The third-order valence-electron chi connectivity index (χ3n) is 3.34. The highest BCUT2D eigenvalue weighted by atomic mass is 35.5. The van der Waals surface area contributed by atoms with E-state index in [1.807, 2.05) is 0 Å². The molecule has 2 nitrogen and oxygen atoms in total. The smallest absolute Gasteiger partial charge is 0.165 e. The van der Waals surface area contributed by atoms with Crippen molar-refractivity contribution in [2.45, 2.75) is 19.3 Å². The number of ether oxygens (including phenoxy) is 1. The second-order valence-corrected chi connectivity index (χ2v) is 5.10. The van der Waals surface area contributed by atoms with Crippen molar-refractivity contribution in [3.8, 4) is 17.6 Å². The molecule has 20 heavy (non-hydrogen) atoms. The molecule has 1 aromatic carbocycles. The molecular weight excluding hydrogens is 277 g/mol. The minimum Gasteiger partial charge on any atom is -0.489 e. The Morgan fingerprint density at radius 1 is 1.25 bits per heavy atom. The average molecular weight is 296 g/mol. The summed E-state index contributed by atoms with van der Waals surface area (Å²) in [6.45, 7) is 3.58. The average Bonchev–Trinajstić information content (AvgIpc) is 2.49. The number of alkyl halides is 1. The van der Waals surface area contributed by atoms with Gasteiger partial charge >= 0.3 is 0 Å². The molecule has 0 saturated carbocycles. The topological polar surface area (TPSA) is 12.5 Å². The van der Waals surface area contributed by atoms with Crippen molar-refractivity contribution in [1.82, 2.24) is 4.90 Å². The van der Waals surface area contributed by atoms with Crippen LogP contribution in [0.25, 0.3) is 0 Å². The molecule has 0 unspecified atom stereocenters. The Hall–Kier alpha value is -1.24. The van der Waals surface area contributed by atoms with Crippen molar-refractivity contribution in [3.05, 3.63) is 29.6 Å². The zero-order chi connectivity index (χ0) is 14.2. The molecule has 1 aliphatic heterocycles. The zero-order valence-electron chi connectivity index (χ0n) is 11.5. The highest BCUT2D eigenvalue weighted by molar-refractivity contribution is 6.19. The molecule has 2 rings (SSSR count). The summed E-state index contributed by atoms with van der Waals surface area (Å²) in [5, 5.41) is 0. The van der Waals surface area contributed by atoms with Crippen molar-refractivity contribution in [3.63, 3.8) is 0 Å². The molecule has 1 saturated heterocycles. The van der Waals surface area contributed by atoms with Crippen LogP contribution in [0.3, 0.4) is 0 Å². The lowest BCUT2D eigenvalue weighted by Crippen LogP contribution is -2.33. The summed E-state index contributed by atoms with van der Waals surface area (Å²) in [7, 11) is 0. The van der Waals surface area contributed by atoms with Crippen LogP contribution in [0.2, 0.25) is 0 Å². The van der Waals surface area contributed by atoms with Gasteiger partial charge in [0.25, 0.3) is 0 Å². The van der Waals surface area contributed by atoms with Crippen molar-refractivity contribution in [2.75, 3.05) is 32.1 Å². The van der Waals surface area contributed by atoms with E-state index in [0.29, 0.717) is 6.61 Å². The maximum atomic E-state index is 13.6. The Morgan fingerprint density at radius 3 is 2.80 bits per heavy atom. The molecular formula is C16H19ClFNO. The molecule has 1 aliphatic rings. The summed E-state index contributed by atoms with van der Waals surface area (Å²) in [5.74, 6) is 5.80. The fourth-order valence-electron chi connectivity index (χ4n) is 2.29. The van der Waals surface area contributed by atoms with E-state index < -0.39 is 0 Å². The van der Waals surface area contributed by atoms with Crippen LogP contribution in [0, 0.1) is 17.7 Å². The van der Waals surface area contributed by atoms with Crippen LogP contribution >= 0.6 is 11.6 Å². The fraction of sp³-hybridized carbons (Fsp3) is 0.500. The lowest BCUT2D eigenvalue weighted by atomic mass is 10.1. The molecule has 0 radical (unpaired) electrons. The molecule has 108 valence electrons. The molecule has 0 amide bonds. The molecule has 1 fully saturated rings. The van der Waals surface area contributed by atoms with E-state index in [9.17, 15) is 4.39 Å². The van der Waals surface area contributed by atoms with Gasteiger partial charge in [0.2, 0.25) is 0 Å². The van der Waals surface area contributed by atoms with Crippen molar-refractivity contribution in [1.29, 1.82) is 0 Å². The van der Waals surface area contributed by atoms with Crippen LogP contribution in [0.1, 0.15) is 24.8 Å². The lowest BCUT2D eigenvalue weighted by molar-refractivity contribution is 0.180. The molecule has 0 aliphatic carbocycles. The molecule has 0 spiro atoms. The van der Waals surface area contributed by atoms with E-state index in [1.54, 1.807) is 12.1 Å². The molecule has 4 heteroatoms. The minimum atomic E-state index is -0.347. The quantitative estimate of drug-likeness (QED) is 0.624. The van der Waals surface area contributed by atoms with Gasteiger partial charge in [-0.25, -0.2) is 4.39 Å². The SMILES string of the molecule is Fc1ccc(C#CCCl)cc1OCCN1CCCCC1. The Kier molecular flexibility index (Phi) is 6.17. The van der Waals surface area contributed by atoms with Crippen molar-refractivity contribution < 1.29 is 9.13 Å². The van der Waals surface area contributed by atoms with Gasteiger partial charge in [0, 0.05) is 12.1 Å². The van der Waals surface area contributed by atoms with Gasteiger partial charge in [-0.15, -0.1) is 11.6 Å². The van der Waals surface area contributed by atoms with Crippen LogP contribution in [0.5, 0.6) is 5.75 Å². The molecule has 0 aromatic heterocycles. The Balaban J connectivity index is 1.87. The van der Waals surface area contributed by atoms with Crippen LogP contribution in [0.15, 0.2) is 18.2 Å². The number of halogens is 2. The van der Waals surface area contributed by atoms with Crippen LogP contribution in [-0.4, -0.2) is 37.0 Å². The predicted molar refractivity (Wildman–Crippen MR) is 79.8 cm³/mol. The molecule has 1 aromatic rings. The van der Waals surface area contributed by atoms with E-state index in [1.165, 1.54) is 25.3 Å². The van der Waals surface area contributed by atoms with Crippen LogP contribution in [0.4, 0.5) is 4.39 Å². The van der Waals surface area contributed by atoms with Gasteiger partial charge in [0.15, 0.2) is 11.6 Å². The first-order valence-electron chi connectivity index (χ1n) is 6.99. The summed E-state index contributed by atoms with van der Waals surface area (Å²) in [6, 6.07) is 4.64. The normalized spacial score (nSPS) is 15.5. The van der Waals surface area contributed by atoms with Gasteiger partial charge in [-0.2, -0.15) is 0 Å². The number of rotatable bonds is 4. The van der Waals surface area contributed by atoms with Crippen LogP contribution < -0.4 is 4.74 Å². The molecule has 0 N–H and O–H groups in total. The Morgan fingerprint density at radius 2 is 2.05 bits per heavy atom. The Bertz CT molecular complexity index is 489. The van der Waals surface area contributed by atoms with Gasteiger partial charge in [-0.3, -0.25) is 4.90 Å². The van der Waals surface area contributed by atoms with E-state index in [-0.39, 0.29) is 17.4 Å².